The van der Waals surface area contributed by atoms with Gasteiger partial charge in [-0.2, -0.15) is 13.2 Å². The van der Waals surface area contributed by atoms with Crippen LogP contribution in [0.2, 0.25) is 0 Å². The van der Waals surface area contributed by atoms with E-state index in [1.54, 1.807) is 6.92 Å². The minimum atomic E-state index is -4.40. The molecule has 0 bridgehead atoms. The highest BCUT2D eigenvalue weighted by Crippen LogP contribution is 2.40. The van der Waals surface area contributed by atoms with Crippen LogP contribution in [0.25, 0.3) is 0 Å². The summed E-state index contributed by atoms with van der Waals surface area (Å²) in [5, 5.41) is 0.951. The van der Waals surface area contributed by atoms with Crippen LogP contribution in [-0.4, -0.2) is 5.78 Å². The maximum atomic E-state index is 12.3. The van der Waals surface area contributed by atoms with Gasteiger partial charge in [0.05, 0.1) is 14.9 Å². The van der Waals surface area contributed by atoms with Crippen molar-refractivity contribution in [3.63, 3.8) is 0 Å². The minimum absolute atomic E-state index is 0.137. The molecule has 0 amide bonds. The molecular weight excluding hydrogens is 281 g/mol. The molecule has 78 valence electrons. The van der Waals surface area contributed by atoms with E-state index in [1.807, 2.05) is 0 Å². The Morgan fingerprint density at radius 3 is 2.50 bits per heavy atom. The Hall–Kier alpha value is -0.360. The van der Waals surface area contributed by atoms with Crippen molar-refractivity contribution in [3.05, 3.63) is 20.3 Å². The van der Waals surface area contributed by atoms with Gasteiger partial charge in [0.2, 0.25) is 0 Å². The van der Waals surface area contributed by atoms with Gasteiger partial charge in [-0.3, -0.25) is 4.79 Å². The fourth-order valence-electron chi connectivity index (χ4n) is 0.884. The van der Waals surface area contributed by atoms with Crippen LogP contribution in [0.4, 0.5) is 13.2 Å². The predicted octanol–water partition coefficient (Wildman–Crippen LogP) is 4.12. The van der Waals surface area contributed by atoms with Crippen LogP contribution in [0.15, 0.2) is 9.85 Å². The molecule has 0 radical (unpaired) electrons. The van der Waals surface area contributed by atoms with Gasteiger partial charge in [-0.05, 0) is 15.9 Å². The van der Waals surface area contributed by atoms with Crippen LogP contribution in [0.3, 0.4) is 0 Å². The Bertz CT molecular complexity index is 356. The zero-order valence-electron chi connectivity index (χ0n) is 7.11. The van der Waals surface area contributed by atoms with Gasteiger partial charge in [0.1, 0.15) is 0 Å². The van der Waals surface area contributed by atoms with Gasteiger partial charge >= 0.3 is 6.18 Å². The highest BCUT2D eigenvalue weighted by molar-refractivity contribution is 9.10. The van der Waals surface area contributed by atoms with Gasteiger partial charge in [0.25, 0.3) is 0 Å². The topological polar surface area (TPSA) is 17.1 Å². The third-order valence-corrected chi connectivity index (χ3v) is 3.72. The van der Waals surface area contributed by atoms with E-state index in [-0.39, 0.29) is 21.6 Å². The third kappa shape index (κ3) is 2.17. The summed E-state index contributed by atoms with van der Waals surface area (Å²) in [7, 11) is 0. The fraction of sp³-hybridized carbons (Fsp3) is 0.375. The summed E-state index contributed by atoms with van der Waals surface area (Å²) in [6.45, 7) is 1.61. The van der Waals surface area contributed by atoms with E-state index in [0.717, 1.165) is 16.7 Å². The minimum Gasteiger partial charge on any atom is -0.293 e. The summed E-state index contributed by atoms with van der Waals surface area (Å²) in [6.07, 6.45) is -4.20. The van der Waals surface area contributed by atoms with E-state index in [0.29, 0.717) is 0 Å². The van der Waals surface area contributed by atoms with Crippen molar-refractivity contribution in [2.45, 2.75) is 19.5 Å². The number of Topliss-reactive ketones (excluding diaryl/α,β-unsaturated/α-hetero) is 1. The van der Waals surface area contributed by atoms with Crippen molar-refractivity contribution >= 4 is 33.0 Å². The smallest absolute Gasteiger partial charge is 0.293 e. The molecule has 1 aromatic rings. The highest BCUT2D eigenvalue weighted by Gasteiger charge is 2.35. The first-order valence-corrected chi connectivity index (χ1v) is 5.42. The van der Waals surface area contributed by atoms with Gasteiger partial charge in [-0.1, -0.05) is 6.92 Å². The van der Waals surface area contributed by atoms with Crippen LogP contribution in [0, 0.1) is 0 Å². The molecule has 0 aliphatic heterocycles. The lowest BCUT2D eigenvalue weighted by Crippen LogP contribution is -2.04. The first-order chi connectivity index (χ1) is 6.38. The van der Waals surface area contributed by atoms with Gasteiger partial charge in [0.15, 0.2) is 5.78 Å². The summed E-state index contributed by atoms with van der Waals surface area (Å²) >= 11 is 3.62. The van der Waals surface area contributed by atoms with E-state index >= 15 is 0 Å². The van der Waals surface area contributed by atoms with Crippen LogP contribution >= 0.6 is 27.3 Å². The molecule has 0 fully saturated rings. The highest BCUT2D eigenvalue weighted by atomic mass is 79.9. The van der Waals surface area contributed by atoms with Gasteiger partial charge < -0.3 is 0 Å². The lowest BCUT2D eigenvalue weighted by Gasteiger charge is -2.04. The second-order valence-electron chi connectivity index (χ2n) is 2.57. The molecule has 1 aromatic heterocycles. The standard InChI is InChI=1S/C8H6BrF3OS/c1-2-5(13)7-6(9)4(3-14-7)8(10,11)12/h3H,2H2,1H3. The second-order valence-corrected chi connectivity index (χ2v) is 4.24. The number of hydrogen-bond acceptors (Lipinski definition) is 2. The summed E-state index contributed by atoms with van der Waals surface area (Å²) in [6, 6.07) is 0. The number of halogens is 4. The first kappa shape index (κ1) is 11.7. The summed E-state index contributed by atoms with van der Waals surface area (Å²) in [4.78, 5) is 11.3. The zero-order chi connectivity index (χ0) is 10.9. The number of hydrogen-bond donors (Lipinski definition) is 0. The van der Waals surface area contributed by atoms with Crippen molar-refractivity contribution in [1.29, 1.82) is 0 Å². The Kier molecular flexibility index (Phi) is 3.36. The Morgan fingerprint density at radius 1 is 1.57 bits per heavy atom. The van der Waals surface area contributed by atoms with Crippen molar-refractivity contribution in [3.8, 4) is 0 Å². The van der Waals surface area contributed by atoms with Crippen molar-refractivity contribution in [2.75, 3.05) is 0 Å². The normalized spacial score (nSPS) is 11.8. The van der Waals surface area contributed by atoms with E-state index in [1.165, 1.54) is 0 Å². The van der Waals surface area contributed by atoms with Gasteiger partial charge in [0, 0.05) is 11.8 Å². The van der Waals surface area contributed by atoms with E-state index in [2.05, 4.69) is 15.9 Å². The van der Waals surface area contributed by atoms with Crippen molar-refractivity contribution in [1.82, 2.24) is 0 Å². The molecular formula is C8H6BrF3OS. The molecule has 1 rings (SSSR count). The maximum absolute atomic E-state index is 12.3. The largest absolute Gasteiger partial charge is 0.418 e. The molecule has 1 heterocycles. The quantitative estimate of drug-likeness (QED) is 0.748. The zero-order valence-corrected chi connectivity index (χ0v) is 9.52. The van der Waals surface area contributed by atoms with Crippen LogP contribution in [-0.2, 0) is 6.18 Å². The van der Waals surface area contributed by atoms with Crippen LogP contribution < -0.4 is 0 Å². The predicted molar refractivity (Wildman–Crippen MR) is 51.6 cm³/mol. The molecule has 0 saturated carbocycles. The Morgan fingerprint density at radius 2 is 2.14 bits per heavy atom. The Labute approximate surface area is 91.1 Å². The fourth-order valence-corrected chi connectivity index (χ4v) is 2.85. The molecule has 0 saturated heterocycles. The molecule has 0 aliphatic carbocycles. The van der Waals surface area contributed by atoms with Crippen LogP contribution in [0.5, 0.6) is 0 Å². The molecule has 0 aromatic carbocycles. The molecule has 0 spiro atoms. The third-order valence-electron chi connectivity index (χ3n) is 1.61. The average molecular weight is 287 g/mol. The van der Waals surface area contributed by atoms with Crippen LogP contribution in [0.1, 0.15) is 28.6 Å². The lowest BCUT2D eigenvalue weighted by molar-refractivity contribution is -0.137. The maximum Gasteiger partial charge on any atom is 0.418 e. The molecule has 1 nitrogen and oxygen atoms in total. The Balaban J connectivity index is 3.15. The molecule has 6 heteroatoms. The van der Waals surface area contributed by atoms with Gasteiger partial charge in [-0.25, -0.2) is 0 Å². The number of carbonyl (C=O) groups is 1. The average Bonchev–Trinajstić information content (AvgIpc) is 2.45. The molecule has 0 unspecified atom stereocenters. The molecule has 0 N–H and O–H groups in total. The van der Waals surface area contributed by atoms with Crippen molar-refractivity contribution < 1.29 is 18.0 Å². The van der Waals surface area contributed by atoms with E-state index in [4.69, 9.17) is 0 Å². The summed E-state index contributed by atoms with van der Waals surface area (Å²) in [5.74, 6) is -0.280. The first-order valence-electron chi connectivity index (χ1n) is 3.75. The number of ketones is 1. The van der Waals surface area contributed by atoms with E-state index in [9.17, 15) is 18.0 Å². The molecule has 14 heavy (non-hydrogen) atoms. The molecule has 0 aliphatic rings. The summed E-state index contributed by atoms with van der Waals surface area (Å²) < 4.78 is 36.7. The van der Waals surface area contributed by atoms with Crippen molar-refractivity contribution in [2.24, 2.45) is 0 Å². The summed E-state index contributed by atoms with van der Waals surface area (Å²) in [5.41, 5.74) is -0.778. The number of thiophene rings is 1. The second kappa shape index (κ2) is 4.02. The number of alkyl halides is 3. The SMILES string of the molecule is CCC(=O)c1scc(C(F)(F)F)c1Br. The monoisotopic (exact) mass is 286 g/mol. The van der Waals surface area contributed by atoms with Gasteiger partial charge in [-0.15, -0.1) is 11.3 Å². The lowest BCUT2D eigenvalue weighted by atomic mass is 10.2. The number of rotatable bonds is 2. The molecule has 0 atom stereocenters. The number of carbonyl (C=O) groups excluding carboxylic acids is 1. The van der Waals surface area contributed by atoms with E-state index < -0.39 is 11.7 Å².